The van der Waals surface area contributed by atoms with E-state index in [1.54, 1.807) is 7.11 Å². The van der Waals surface area contributed by atoms with Crippen molar-refractivity contribution < 1.29 is 14.2 Å². The highest BCUT2D eigenvalue weighted by Gasteiger charge is 2.11. The Morgan fingerprint density at radius 2 is 2.00 bits per heavy atom. The molecule has 0 radical (unpaired) electrons. The van der Waals surface area contributed by atoms with E-state index in [2.05, 4.69) is 22.9 Å². The Balaban J connectivity index is 2.41. The third kappa shape index (κ3) is 3.37. The molecule has 2 rings (SSSR count). The molecule has 0 aliphatic carbocycles. The van der Waals surface area contributed by atoms with Gasteiger partial charge in [0, 0.05) is 5.39 Å². The molecule has 1 unspecified atom stereocenters. The zero-order valence-electron chi connectivity index (χ0n) is 12.0. The fourth-order valence-electron chi connectivity index (χ4n) is 2.05. The van der Waals surface area contributed by atoms with Crippen LogP contribution in [-0.2, 0) is 0 Å². The van der Waals surface area contributed by atoms with Gasteiger partial charge in [-0.1, -0.05) is 13.0 Å². The Kier molecular flexibility index (Phi) is 5.12. The maximum Gasteiger partial charge on any atom is 0.168 e. The van der Waals surface area contributed by atoms with Crippen molar-refractivity contribution in [3.05, 3.63) is 30.3 Å². The molecule has 20 heavy (non-hydrogen) atoms. The van der Waals surface area contributed by atoms with Gasteiger partial charge in [0.1, 0.15) is 5.75 Å². The summed E-state index contributed by atoms with van der Waals surface area (Å²) in [6.45, 7) is 4.74. The smallest absolute Gasteiger partial charge is 0.168 e. The third-order valence-electron chi connectivity index (χ3n) is 2.87. The summed E-state index contributed by atoms with van der Waals surface area (Å²) < 4.78 is 16.8. The summed E-state index contributed by atoms with van der Waals surface area (Å²) in [5, 5.41) is 2.02. The van der Waals surface area contributed by atoms with Gasteiger partial charge in [0.05, 0.1) is 13.7 Å². The molecule has 0 N–H and O–H groups in total. The average molecular weight is 339 g/mol. The molecule has 0 heterocycles. The summed E-state index contributed by atoms with van der Waals surface area (Å²) in [6, 6.07) is 9.92. The minimum atomic E-state index is -0.0685. The molecular weight excluding hydrogens is 320 g/mol. The second-order valence-corrected chi connectivity index (χ2v) is 5.78. The van der Waals surface area contributed by atoms with Gasteiger partial charge in [0.2, 0.25) is 0 Å². The molecule has 3 nitrogen and oxygen atoms in total. The molecule has 0 saturated carbocycles. The van der Waals surface area contributed by atoms with Crippen molar-refractivity contribution in [1.29, 1.82) is 0 Å². The Hall–Kier alpha value is -1.42. The minimum Gasteiger partial charge on any atom is -0.494 e. The molecule has 108 valence electrons. The summed E-state index contributed by atoms with van der Waals surface area (Å²) in [5.74, 6) is 2.35. The van der Waals surface area contributed by atoms with Gasteiger partial charge in [-0.05, 0) is 58.9 Å². The molecule has 0 bridgehead atoms. The van der Waals surface area contributed by atoms with Crippen LogP contribution in [0.5, 0.6) is 17.2 Å². The van der Waals surface area contributed by atoms with Crippen LogP contribution < -0.4 is 14.2 Å². The van der Waals surface area contributed by atoms with Crippen molar-refractivity contribution in [1.82, 2.24) is 0 Å². The highest BCUT2D eigenvalue weighted by molar-refractivity contribution is 9.09. The van der Waals surface area contributed by atoms with E-state index in [-0.39, 0.29) is 5.01 Å². The Morgan fingerprint density at radius 1 is 1.20 bits per heavy atom. The first-order valence-corrected chi connectivity index (χ1v) is 7.61. The van der Waals surface area contributed by atoms with Crippen LogP contribution in [0.15, 0.2) is 30.3 Å². The largest absolute Gasteiger partial charge is 0.494 e. The van der Waals surface area contributed by atoms with E-state index in [4.69, 9.17) is 14.2 Å². The van der Waals surface area contributed by atoms with Crippen molar-refractivity contribution >= 4 is 26.7 Å². The van der Waals surface area contributed by atoms with Crippen LogP contribution in [0.4, 0.5) is 0 Å². The van der Waals surface area contributed by atoms with E-state index >= 15 is 0 Å². The van der Waals surface area contributed by atoms with Gasteiger partial charge in [-0.15, -0.1) is 0 Å². The molecule has 0 fully saturated rings. The summed E-state index contributed by atoms with van der Waals surface area (Å²) in [4.78, 5) is 0. The molecule has 4 heteroatoms. The summed E-state index contributed by atoms with van der Waals surface area (Å²) in [6.07, 6.45) is 0.997. The van der Waals surface area contributed by atoms with Crippen LogP contribution in [0.3, 0.4) is 0 Å². The number of rotatable bonds is 6. The number of ether oxygens (including phenoxy) is 3. The van der Waals surface area contributed by atoms with E-state index in [1.165, 1.54) is 0 Å². The van der Waals surface area contributed by atoms with Gasteiger partial charge < -0.3 is 14.2 Å². The summed E-state index contributed by atoms with van der Waals surface area (Å²) >= 11 is 3.38. The van der Waals surface area contributed by atoms with Crippen molar-refractivity contribution in [2.24, 2.45) is 0 Å². The lowest BCUT2D eigenvalue weighted by atomic mass is 10.1. The maximum absolute atomic E-state index is 5.70. The molecule has 0 amide bonds. The molecule has 0 aromatic heterocycles. The molecule has 0 aliphatic rings. The van der Waals surface area contributed by atoms with Gasteiger partial charge in [-0.2, -0.15) is 0 Å². The Labute approximate surface area is 128 Å². The number of hydrogen-bond acceptors (Lipinski definition) is 3. The minimum absolute atomic E-state index is 0.0685. The number of halogens is 1. The SMILES string of the molecule is CCCOc1ccc2c(OC)c(OC(C)Br)ccc2c1. The lowest BCUT2D eigenvalue weighted by Crippen LogP contribution is -2.03. The maximum atomic E-state index is 5.70. The van der Waals surface area contributed by atoms with Crippen molar-refractivity contribution in [2.45, 2.75) is 25.3 Å². The van der Waals surface area contributed by atoms with Crippen molar-refractivity contribution in [3.8, 4) is 17.2 Å². The standard InChI is InChI=1S/C16H19BrO3/c1-4-9-19-13-6-7-14-12(10-13)5-8-15(16(14)18-3)20-11(2)17/h5-8,10-11H,4,9H2,1-3H3. The zero-order chi connectivity index (χ0) is 14.5. The number of benzene rings is 2. The fourth-order valence-corrected chi connectivity index (χ4v) is 2.25. The highest BCUT2D eigenvalue weighted by atomic mass is 79.9. The predicted octanol–water partition coefficient (Wildman–Crippen LogP) is 4.76. The molecule has 2 aromatic rings. The van der Waals surface area contributed by atoms with E-state index in [9.17, 15) is 0 Å². The number of hydrogen-bond donors (Lipinski definition) is 0. The predicted molar refractivity (Wildman–Crippen MR) is 85.3 cm³/mol. The van der Waals surface area contributed by atoms with Crippen molar-refractivity contribution in [3.63, 3.8) is 0 Å². The third-order valence-corrected chi connectivity index (χ3v) is 3.06. The first kappa shape index (κ1) is 15.0. The van der Waals surface area contributed by atoms with E-state index in [0.717, 1.165) is 41.0 Å². The van der Waals surface area contributed by atoms with Crippen LogP contribution in [0, 0.1) is 0 Å². The Bertz CT molecular complexity index is 581. The normalized spacial score (nSPS) is 12.2. The molecule has 1 atom stereocenters. The zero-order valence-corrected chi connectivity index (χ0v) is 13.6. The monoisotopic (exact) mass is 338 g/mol. The van der Waals surface area contributed by atoms with E-state index in [1.807, 2.05) is 37.3 Å². The molecule has 0 aliphatic heterocycles. The van der Waals surface area contributed by atoms with Gasteiger partial charge in [-0.25, -0.2) is 0 Å². The lowest BCUT2D eigenvalue weighted by Gasteiger charge is -2.15. The number of fused-ring (bicyclic) bond motifs is 1. The summed E-state index contributed by atoms with van der Waals surface area (Å²) in [7, 11) is 1.65. The first-order valence-electron chi connectivity index (χ1n) is 6.70. The average Bonchev–Trinajstić information content (AvgIpc) is 2.44. The van der Waals surface area contributed by atoms with Crippen LogP contribution in [0.1, 0.15) is 20.3 Å². The number of alkyl halides is 1. The van der Waals surface area contributed by atoms with Gasteiger partial charge in [-0.3, -0.25) is 0 Å². The van der Waals surface area contributed by atoms with Crippen LogP contribution in [0.2, 0.25) is 0 Å². The molecule has 2 aromatic carbocycles. The van der Waals surface area contributed by atoms with Gasteiger partial charge in [0.15, 0.2) is 16.5 Å². The van der Waals surface area contributed by atoms with Gasteiger partial charge >= 0.3 is 0 Å². The van der Waals surface area contributed by atoms with Crippen LogP contribution in [0.25, 0.3) is 10.8 Å². The van der Waals surface area contributed by atoms with E-state index < -0.39 is 0 Å². The lowest BCUT2D eigenvalue weighted by molar-refractivity contribution is 0.292. The number of methoxy groups -OCH3 is 1. The van der Waals surface area contributed by atoms with Crippen LogP contribution in [-0.4, -0.2) is 18.7 Å². The van der Waals surface area contributed by atoms with E-state index in [0.29, 0.717) is 0 Å². The summed E-state index contributed by atoms with van der Waals surface area (Å²) in [5.41, 5.74) is 0. The second-order valence-electron chi connectivity index (χ2n) is 4.49. The van der Waals surface area contributed by atoms with Crippen LogP contribution >= 0.6 is 15.9 Å². The Morgan fingerprint density at radius 3 is 2.65 bits per heavy atom. The second kappa shape index (κ2) is 6.84. The van der Waals surface area contributed by atoms with Gasteiger partial charge in [0.25, 0.3) is 0 Å². The molecule has 0 spiro atoms. The van der Waals surface area contributed by atoms with Crippen molar-refractivity contribution in [2.75, 3.05) is 13.7 Å². The highest BCUT2D eigenvalue weighted by Crippen LogP contribution is 2.37. The molecule has 0 saturated heterocycles. The molecular formula is C16H19BrO3. The quantitative estimate of drug-likeness (QED) is 0.711. The topological polar surface area (TPSA) is 27.7 Å². The first-order chi connectivity index (χ1) is 9.65. The fraction of sp³-hybridized carbons (Fsp3) is 0.375.